The van der Waals surface area contributed by atoms with Gasteiger partial charge in [-0.05, 0) is 95.4 Å². The Bertz CT molecular complexity index is 1480. The van der Waals surface area contributed by atoms with Crippen LogP contribution in [0.3, 0.4) is 0 Å². The lowest BCUT2D eigenvalue weighted by Gasteiger charge is -2.09. The topological polar surface area (TPSA) is 53.5 Å². The molecule has 51 heavy (non-hydrogen) atoms. The molecule has 4 aromatic rings. The molecule has 0 unspecified atom stereocenters. The quantitative estimate of drug-likeness (QED) is 0.0561. The van der Waals surface area contributed by atoms with Gasteiger partial charge in [-0.15, -0.1) is 0 Å². The molecule has 0 fully saturated rings. The van der Waals surface area contributed by atoms with Gasteiger partial charge in [-0.3, -0.25) is 0 Å². The Morgan fingerprint density at radius 1 is 0.451 bits per heavy atom. The monoisotopic (exact) mass is 820 g/mol. The van der Waals surface area contributed by atoms with E-state index in [0.717, 1.165) is 87.8 Å². The van der Waals surface area contributed by atoms with Crippen LogP contribution in [-0.2, 0) is 0 Å². The van der Waals surface area contributed by atoms with Gasteiger partial charge in [0.25, 0.3) is 0 Å². The summed E-state index contributed by atoms with van der Waals surface area (Å²) in [6.07, 6.45) is 26.8. The molecule has 0 spiro atoms. The van der Waals surface area contributed by atoms with Gasteiger partial charge in [0.2, 0.25) is 0 Å². The molecule has 0 N–H and O–H groups in total. The molecule has 0 atom stereocenters. The van der Waals surface area contributed by atoms with E-state index < -0.39 is 0 Å². The zero-order chi connectivity index (χ0) is 35.8. The van der Waals surface area contributed by atoms with Crippen molar-refractivity contribution in [3.05, 3.63) is 88.1 Å². The van der Waals surface area contributed by atoms with E-state index in [1.54, 1.807) is 0 Å². The van der Waals surface area contributed by atoms with Crippen molar-refractivity contribution in [2.75, 3.05) is 19.8 Å². The molecule has 4 rings (SSSR count). The minimum absolute atomic E-state index is 0.718. The van der Waals surface area contributed by atoms with E-state index in [9.17, 15) is 0 Å². The van der Waals surface area contributed by atoms with E-state index in [1.165, 1.54) is 96.3 Å². The Morgan fingerprint density at radius 2 is 0.882 bits per heavy atom. The first kappa shape index (κ1) is 40.9. The third kappa shape index (κ3) is 16.5. The van der Waals surface area contributed by atoms with Crippen molar-refractivity contribution in [3.8, 4) is 39.8 Å². The van der Waals surface area contributed by atoms with Crippen molar-refractivity contribution in [2.24, 2.45) is 0 Å². The van der Waals surface area contributed by atoms with Crippen molar-refractivity contribution in [2.45, 2.75) is 122 Å². The third-order valence-electron chi connectivity index (χ3n) is 9.18. The SMILES string of the molecule is CCCCCCCCCCCCOc1ccc(-c2ncc(-c3ccc(OCCCCCCCCCCOc4cc(Br)ccc4Br)cc3)cn2)cc1. The van der Waals surface area contributed by atoms with E-state index >= 15 is 0 Å². The fraction of sp³-hybridized carbons (Fsp3) is 0.500. The van der Waals surface area contributed by atoms with Gasteiger partial charge in [0, 0.05) is 28.0 Å². The van der Waals surface area contributed by atoms with Gasteiger partial charge in [-0.25, -0.2) is 9.97 Å². The lowest BCUT2D eigenvalue weighted by Crippen LogP contribution is -1.98. The maximum Gasteiger partial charge on any atom is 0.159 e. The number of ether oxygens (including phenoxy) is 3. The molecular weight excluding hydrogens is 764 g/mol. The predicted octanol–water partition coefficient (Wildman–Crippen LogP) is 14.2. The largest absolute Gasteiger partial charge is 0.494 e. The second-order valence-corrected chi connectivity index (χ2v) is 15.2. The highest BCUT2D eigenvalue weighted by molar-refractivity contribution is 9.11. The van der Waals surface area contributed by atoms with Crippen LogP contribution in [0.4, 0.5) is 0 Å². The number of unbranched alkanes of at least 4 members (excludes halogenated alkanes) is 16. The maximum atomic E-state index is 6.01. The van der Waals surface area contributed by atoms with Gasteiger partial charge in [0.15, 0.2) is 5.82 Å². The van der Waals surface area contributed by atoms with Gasteiger partial charge >= 0.3 is 0 Å². The summed E-state index contributed by atoms with van der Waals surface area (Å²) in [6, 6.07) is 22.4. The zero-order valence-electron chi connectivity index (χ0n) is 30.7. The van der Waals surface area contributed by atoms with Crippen LogP contribution in [0, 0.1) is 0 Å². The summed E-state index contributed by atoms with van der Waals surface area (Å²) in [7, 11) is 0. The summed E-state index contributed by atoms with van der Waals surface area (Å²) in [4.78, 5) is 9.29. The van der Waals surface area contributed by atoms with Crippen LogP contribution in [0.5, 0.6) is 17.2 Å². The summed E-state index contributed by atoms with van der Waals surface area (Å²) >= 11 is 7.04. The first-order valence-electron chi connectivity index (χ1n) is 19.5. The number of hydrogen-bond donors (Lipinski definition) is 0. The van der Waals surface area contributed by atoms with Gasteiger partial charge in [-0.2, -0.15) is 0 Å². The van der Waals surface area contributed by atoms with E-state index in [1.807, 2.05) is 67.0 Å². The van der Waals surface area contributed by atoms with Crippen molar-refractivity contribution < 1.29 is 14.2 Å². The number of hydrogen-bond acceptors (Lipinski definition) is 5. The van der Waals surface area contributed by atoms with Crippen molar-refractivity contribution in [3.63, 3.8) is 0 Å². The molecule has 0 radical (unpaired) electrons. The van der Waals surface area contributed by atoms with Crippen LogP contribution in [0.15, 0.2) is 88.1 Å². The number of aromatic nitrogens is 2. The molecule has 0 aliphatic rings. The number of halogens is 2. The highest BCUT2D eigenvalue weighted by Crippen LogP contribution is 2.29. The maximum absolute atomic E-state index is 6.01. The predicted molar refractivity (Wildman–Crippen MR) is 220 cm³/mol. The van der Waals surface area contributed by atoms with E-state index in [2.05, 4.69) is 60.9 Å². The first-order chi connectivity index (χ1) is 25.1. The Morgan fingerprint density at radius 3 is 1.37 bits per heavy atom. The van der Waals surface area contributed by atoms with Crippen LogP contribution in [0.25, 0.3) is 22.5 Å². The molecule has 276 valence electrons. The molecule has 5 nitrogen and oxygen atoms in total. The summed E-state index contributed by atoms with van der Waals surface area (Å²) in [5.74, 6) is 3.43. The van der Waals surface area contributed by atoms with Gasteiger partial charge in [0.05, 0.1) is 24.3 Å². The van der Waals surface area contributed by atoms with Crippen LogP contribution in [-0.4, -0.2) is 29.8 Å². The third-order valence-corrected chi connectivity index (χ3v) is 10.3. The Kier molecular flexibility index (Phi) is 20.1. The fourth-order valence-electron chi connectivity index (χ4n) is 6.07. The molecule has 1 aromatic heterocycles. The molecule has 0 aliphatic heterocycles. The Labute approximate surface area is 324 Å². The minimum Gasteiger partial charge on any atom is -0.494 e. The second-order valence-electron chi connectivity index (χ2n) is 13.5. The van der Waals surface area contributed by atoms with Gasteiger partial charge < -0.3 is 14.2 Å². The molecular formula is C44H58Br2N2O3. The normalized spacial score (nSPS) is 11.1. The number of benzene rings is 3. The fourth-order valence-corrected chi connectivity index (χ4v) is 6.78. The van der Waals surface area contributed by atoms with Crippen LogP contribution in [0.1, 0.15) is 122 Å². The molecule has 0 saturated carbocycles. The average Bonchev–Trinajstić information content (AvgIpc) is 3.16. The van der Waals surface area contributed by atoms with Gasteiger partial charge in [0.1, 0.15) is 17.2 Å². The lowest BCUT2D eigenvalue weighted by atomic mass is 10.1. The van der Waals surface area contributed by atoms with Gasteiger partial charge in [-0.1, -0.05) is 131 Å². The first-order valence-corrected chi connectivity index (χ1v) is 21.1. The summed E-state index contributed by atoms with van der Waals surface area (Å²) in [5.41, 5.74) is 3.06. The smallest absolute Gasteiger partial charge is 0.159 e. The highest BCUT2D eigenvalue weighted by atomic mass is 79.9. The van der Waals surface area contributed by atoms with Crippen molar-refractivity contribution >= 4 is 31.9 Å². The second kappa shape index (κ2) is 25.1. The van der Waals surface area contributed by atoms with Crippen molar-refractivity contribution in [1.29, 1.82) is 0 Å². The Balaban J connectivity index is 1.02. The van der Waals surface area contributed by atoms with Crippen molar-refractivity contribution in [1.82, 2.24) is 9.97 Å². The molecule has 3 aromatic carbocycles. The number of nitrogens with zero attached hydrogens (tertiary/aromatic N) is 2. The zero-order valence-corrected chi connectivity index (χ0v) is 33.9. The van der Waals surface area contributed by atoms with E-state index in [0.29, 0.717) is 0 Å². The van der Waals surface area contributed by atoms with E-state index in [-0.39, 0.29) is 0 Å². The standard InChI is InChI=1S/C44H58Br2N2O3/c1-2-3-4-5-6-7-8-11-14-18-31-50-41-27-22-37(23-28-41)44-47-34-38(35-48-44)36-20-25-40(26-21-36)49-30-17-15-12-9-10-13-16-19-32-51-43-33-39(45)24-29-42(43)46/h20-29,33-35H,2-19,30-32H2,1H3. The van der Waals surface area contributed by atoms with Crippen LogP contribution >= 0.6 is 31.9 Å². The molecule has 0 bridgehead atoms. The molecule has 7 heteroatoms. The highest BCUT2D eigenvalue weighted by Gasteiger charge is 2.06. The van der Waals surface area contributed by atoms with E-state index in [4.69, 9.17) is 14.2 Å². The Hall–Kier alpha value is -2.90. The number of rotatable bonds is 27. The summed E-state index contributed by atoms with van der Waals surface area (Å²) < 4.78 is 19.9. The van der Waals surface area contributed by atoms with Crippen LogP contribution in [0.2, 0.25) is 0 Å². The molecule has 0 amide bonds. The molecule has 1 heterocycles. The molecule has 0 saturated heterocycles. The van der Waals surface area contributed by atoms with Crippen LogP contribution < -0.4 is 14.2 Å². The summed E-state index contributed by atoms with van der Waals surface area (Å²) in [6.45, 7) is 4.56. The average molecular weight is 823 g/mol. The minimum atomic E-state index is 0.718. The lowest BCUT2D eigenvalue weighted by molar-refractivity contribution is 0.300. The summed E-state index contributed by atoms with van der Waals surface area (Å²) in [5, 5.41) is 0. The molecule has 0 aliphatic carbocycles.